The SMILES string of the molecule is Cc1csc(CCNS(=O)(=O)c2ccc(N)nc2)n1. The molecular formula is C11H14N4O2S2. The molecular weight excluding hydrogens is 284 g/mol. The average molecular weight is 298 g/mol. The van der Waals surface area contributed by atoms with Crippen molar-refractivity contribution < 1.29 is 8.42 Å². The van der Waals surface area contributed by atoms with Crippen LogP contribution in [0.15, 0.2) is 28.6 Å². The van der Waals surface area contributed by atoms with Gasteiger partial charge < -0.3 is 5.73 Å². The molecule has 0 spiro atoms. The van der Waals surface area contributed by atoms with Crippen LogP contribution < -0.4 is 10.5 Å². The van der Waals surface area contributed by atoms with Crippen LogP contribution in [0.3, 0.4) is 0 Å². The summed E-state index contributed by atoms with van der Waals surface area (Å²) in [6.45, 7) is 2.21. The number of nitrogens with two attached hydrogens (primary N) is 1. The largest absolute Gasteiger partial charge is 0.384 e. The van der Waals surface area contributed by atoms with Crippen LogP contribution in [0.4, 0.5) is 5.82 Å². The predicted molar refractivity (Wildman–Crippen MR) is 74.4 cm³/mol. The zero-order chi connectivity index (χ0) is 13.9. The first-order valence-corrected chi connectivity index (χ1v) is 7.96. The minimum atomic E-state index is -3.53. The Bertz CT molecular complexity index is 650. The molecule has 2 aromatic rings. The Morgan fingerprint density at radius 1 is 1.42 bits per heavy atom. The molecule has 0 aromatic carbocycles. The van der Waals surface area contributed by atoms with Gasteiger partial charge in [0.05, 0.1) is 5.01 Å². The highest BCUT2D eigenvalue weighted by molar-refractivity contribution is 7.89. The van der Waals surface area contributed by atoms with E-state index < -0.39 is 10.0 Å². The summed E-state index contributed by atoms with van der Waals surface area (Å²) < 4.78 is 26.4. The van der Waals surface area contributed by atoms with Crippen molar-refractivity contribution >= 4 is 27.2 Å². The number of aromatic nitrogens is 2. The van der Waals surface area contributed by atoms with E-state index in [1.54, 1.807) is 0 Å². The number of nitrogens with one attached hydrogen (secondary N) is 1. The fourth-order valence-corrected chi connectivity index (χ4v) is 3.20. The van der Waals surface area contributed by atoms with Crippen molar-refractivity contribution in [1.29, 1.82) is 0 Å². The van der Waals surface area contributed by atoms with Crippen LogP contribution in [0, 0.1) is 6.92 Å². The van der Waals surface area contributed by atoms with E-state index in [2.05, 4.69) is 14.7 Å². The third-order valence-corrected chi connectivity index (χ3v) is 4.84. The zero-order valence-corrected chi connectivity index (χ0v) is 12.0. The summed E-state index contributed by atoms with van der Waals surface area (Å²) in [5.74, 6) is 0.289. The Hall–Kier alpha value is -1.51. The molecule has 2 heterocycles. The monoisotopic (exact) mass is 298 g/mol. The van der Waals surface area contributed by atoms with Crippen molar-refractivity contribution in [3.05, 3.63) is 34.4 Å². The molecule has 0 amide bonds. The molecule has 2 rings (SSSR count). The van der Waals surface area contributed by atoms with Gasteiger partial charge in [0.25, 0.3) is 0 Å². The Kier molecular flexibility index (Phi) is 4.13. The van der Waals surface area contributed by atoms with Crippen molar-refractivity contribution in [2.24, 2.45) is 0 Å². The lowest BCUT2D eigenvalue weighted by atomic mass is 10.4. The van der Waals surface area contributed by atoms with Crippen LogP contribution >= 0.6 is 11.3 Å². The molecule has 0 aliphatic heterocycles. The van der Waals surface area contributed by atoms with E-state index in [0.29, 0.717) is 13.0 Å². The van der Waals surface area contributed by atoms with Gasteiger partial charge in [0.1, 0.15) is 10.7 Å². The number of pyridine rings is 1. The summed E-state index contributed by atoms with van der Waals surface area (Å²) in [7, 11) is -3.53. The minimum Gasteiger partial charge on any atom is -0.384 e. The van der Waals surface area contributed by atoms with Gasteiger partial charge in [-0.15, -0.1) is 11.3 Å². The Morgan fingerprint density at radius 2 is 2.21 bits per heavy atom. The van der Waals surface area contributed by atoms with Gasteiger partial charge in [-0.05, 0) is 19.1 Å². The highest BCUT2D eigenvalue weighted by Crippen LogP contribution is 2.10. The van der Waals surface area contributed by atoms with Crippen LogP contribution in [0.1, 0.15) is 10.7 Å². The van der Waals surface area contributed by atoms with Crippen molar-refractivity contribution in [3.8, 4) is 0 Å². The molecule has 0 saturated carbocycles. The lowest BCUT2D eigenvalue weighted by Gasteiger charge is -2.05. The Balaban J connectivity index is 1.96. The smallest absolute Gasteiger partial charge is 0.242 e. The van der Waals surface area contributed by atoms with Crippen molar-refractivity contribution in [2.45, 2.75) is 18.2 Å². The first kappa shape index (κ1) is 13.9. The summed E-state index contributed by atoms with van der Waals surface area (Å²) in [6, 6.07) is 2.89. The quantitative estimate of drug-likeness (QED) is 0.856. The third-order valence-electron chi connectivity index (χ3n) is 2.37. The number of hydrogen-bond acceptors (Lipinski definition) is 6. The van der Waals surface area contributed by atoms with Gasteiger partial charge in [-0.3, -0.25) is 0 Å². The summed E-state index contributed by atoms with van der Waals surface area (Å²) in [4.78, 5) is 8.14. The molecule has 0 radical (unpaired) electrons. The number of nitrogens with zero attached hydrogens (tertiary/aromatic N) is 2. The van der Waals surface area contributed by atoms with Gasteiger partial charge in [0.15, 0.2) is 0 Å². The Morgan fingerprint density at radius 3 is 2.79 bits per heavy atom. The van der Waals surface area contributed by atoms with Gasteiger partial charge >= 0.3 is 0 Å². The van der Waals surface area contributed by atoms with Gasteiger partial charge in [0, 0.05) is 30.2 Å². The average Bonchev–Trinajstić information content (AvgIpc) is 2.75. The standard InChI is InChI=1S/C11H14N4O2S2/c1-8-7-18-11(15-8)4-5-14-19(16,17)9-2-3-10(12)13-6-9/h2-3,6-7,14H,4-5H2,1H3,(H2,12,13). The molecule has 0 bridgehead atoms. The number of sulfonamides is 1. The van der Waals surface area contributed by atoms with Crippen molar-refractivity contribution in [3.63, 3.8) is 0 Å². The molecule has 0 atom stereocenters. The van der Waals surface area contributed by atoms with Crippen LogP contribution in [-0.2, 0) is 16.4 Å². The maximum atomic E-state index is 11.9. The van der Waals surface area contributed by atoms with Gasteiger partial charge in [-0.25, -0.2) is 23.1 Å². The Labute approximate surface area is 115 Å². The second-order valence-corrected chi connectivity index (χ2v) is 6.66. The minimum absolute atomic E-state index is 0.108. The summed E-state index contributed by atoms with van der Waals surface area (Å²) in [5.41, 5.74) is 6.36. The van der Waals surface area contributed by atoms with E-state index in [4.69, 9.17) is 5.73 Å². The molecule has 19 heavy (non-hydrogen) atoms. The summed E-state index contributed by atoms with van der Waals surface area (Å²) >= 11 is 1.52. The highest BCUT2D eigenvalue weighted by Gasteiger charge is 2.13. The van der Waals surface area contributed by atoms with E-state index in [1.807, 2.05) is 12.3 Å². The van der Waals surface area contributed by atoms with Crippen molar-refractivity contribution in [2.75, 3.05) is 12.3 Å². The van der Waals surface area contributed by atoms with E-state index >= 15 is 0 Å². The van der Waals surface area contributed by atoms with E-state index in [9.17, 15) is 8.42 Å². The molecule has 2 aromatic heterocycles. The molecule has 0 aliphatic carbocycles. The molecule has 0 unspecified atom stereocenters. The molecule has 3 N–H and O–H groups in total. The number of aryl methyl sites for hydroxylation is 1. The molecule has 0 fully saturated rings. The first-order valence-electron chi connectivity index (χ1n) is 5.59. The molecule has 0 aliphatic rings. The van der Waals surface area contributed by atoms with Gasteiger partial charge in [-0.1, -0.05) is 0 Å². The first-order chi connectivity index (χ1) is 8.97. The van der Waals surface area contributed by atoms with Crippen LogP contribution in [0.2, 0.25) is 0 Å². The number of hydrogen-bond donors (Lipinski definition) is 2. The maximum absolute atomic E-state index is 11.9. The van der Waals surface area contributed by atoms with Crippen molar-refractivity contribution in [1.82, 2.24) is 14.7 Å². The van der Waals surface area contributed by atoms with E-state index in [-0.39, 0.29) is 10.7 Å². The van der Waals surface area contributed by atoms with Crippen LogP contribution in [0.5, 0.6) is 0 Å². The normalized spacial score (nSPS) is 11.6. The number of nitrogen functional groups attached to an aromatic ring is 1. The number of anilines is 1. The number of thiazole rings is 1. The third kappa shape index (κ3) is 3.72. The number of rotatable bonds is 5. The maximum Gasteiger partial charge on any atom is 0.242 e. The predicted octanol–water partition coefficient (Wildman–Crippen LogP) is 0.950. The molecule has 102 valence electrons. The summed E-state index contributed by atoms with van der Waals surface area (Å²) in [5, 5.41) is 2.85. The van der Waals surface area contributed by atoms with Crippen LogP contribution in [-0.4, -0.2) is 24.9 Å². The van der Waals surface area contributed by atoms with Crippen LogP contribution in [0.25, 0.3) is 0 Å². The molecule has 6 nitrogen and oxygen atoms in total. The summed E-state index contributed by atoms with van der Waals surface area (Å²) in [6.07, 6.45) is 1.81. The zero-order valence-electron chi connectivity index (χ0n) is 10.3. The second kappa shape index (κ2) is 5.64. The molecule has 8 heteroatoms. The van der Waals surface area contributed by atoms with E-state index in [0.717, 1.165) is 10.7 Å². The highest BCUT2D eigenvalue weighted by atomic mass is 32.2. The van der Waals surface area contributed by atoms with Gasteiger partial charge in [0.2, 0.25) is 10.0 Å². The fourth-order valence-electron chi connectivity index (χ4n) is 1.44. The second-order valence-electron chi connectivity index (χ2n) is 3.95. The lowest BCUT2D eigenvalue weighted by molar-refractivity contribution is 0.581. The van der Waals surface area contributed by atoms with E-state index in [1.165, 1.54) is 29.7 Å². The lowest BCUT2D eigenvalue weighted by Crippen LogP contribution is -2.26. The van der Waals surface area contributed by atoms with Gasteiger partial charge in [-0.2, -0.15) is 0 Å². The fraction of sp³-hybridized carbons (Fsp3) is 0.273. The topological polar surface area (TPSA) is 98.0 Å². The molecule has 0 saturated heterocycles.